The fraction of sp³-hybridized carbons (Fsp3) is 0.391. The highest BCUT2D eigenvalue weighted by molar-refractivity contribution is 5.86. The van der Waals surface area contributed by atoms with Crippen molar-refractivity contribution in [2.75, 3.05) is 44.7 Å². The van der Waals surface area contributed by atoms with Gasteiger partial charge in [-0.3, -0.25) is 4.40 Å². The highest BCUT2D eigenvalue weighted by atomic mass is 16.5. The van der Waals surface area contributed by atoms with Crippen LogP contribution in [0.15, 0.2) is 36.4 Å². The first-order valence-corrected chi connectivity index (χ1v) is 10.2. The molecular weight excluding hydrogens is 362 g/mol. The largest absolute Gasteiger partial charge is 0.370 e. The molecule has 6 heteroatoms. The monoisotopic (exact) mass is 390 g/mol. The molecule has 6 nitrogen and oxygen atoms in total. The normalized spacial score (nSPS) is 14.9. The van der Waals surface area contributed by atoms with Gasteiger partial charge in [-0.25, -0.2) is 4.98 Å². The lowest BCUT2D eigenvalue weighted by Crippen LogP contribution is -3.14. The van der Waals surface area contributed by atoms with Crippen LogP contribution >= 0.6 is 0 Å². The molecule has 3 heterocycles. The van der Waals surface area contributed by atoms with Crippen molar-refractivity contribution >= 4 is 22.5 Å². The predicted octanol–water partition coefficient (Wildman–Crippen LogP) is 2.11. The smallest absolute Gasteiger partial charge is 0.157 e. The third-order valence-electron chi connectivity index (χ3n) is 5.68. The molecule has 0 amide bonds. The number of benzene rings is 1. The van der Waals surface area contributed by atoms with E-state index in [2.05, 4.69) is 28.4 Å². The number of allylic oxidation sites excluding steroid dienone is 1. The summed E-state index contributed by atoms with van der Waals surface area (Å²) in [7, 11) is 0. The highest BCUT2D eigenvalue weighted by Gasteiger charge is 2.21. The summed E-state index contributed by atoms with van der Waals surface area (Å²) < 4.78 is 7.59. The molecule has 0 bridgehead atoms. The Bertz CT molecular complexity index is 1100. The number of rotatable bonds is 6. The number of para-hydroxylation sites is 2. The van der Waals surface area contributed by atoms with E-state index in [0.717, 1.165) is 85.0 Å². The molecule has 0 atom stereocenters. The van der Waals surface area contributed by atoms with Crippen LogP contribution in [-0.2, 0) is 11.2 Å². The Morgan fingerprint density at radius 2 is 2.10 bits per heavy atom. The van der Waals surface area contributed by atoms with Crippen LogP contribution in [0.25, 0.3) is 16.7 Å². The molecule has 4 rings (SSSR count). The van der Waals surface area contributed by atoms with Crippen LogP contribution < -0.4 is 10.2 Å². The Morgan fingerprint density at radius 3 is 2.83 bits per heavy atom. The van der Waals surface area contributed by atoms with Gasteiger partial charge in [-0.2, -0.15) is 5.26 Å². The van der Waals surface area contributed by atoms with Crippen molar-refractivity contribution in [3.63, 3.8) is 0 Å². The summed E-state index contributed by atoms with van der Waals surface area (Å²) in [6, 6.07) is 10.5. The molecule has 1 aromatic carbocycles. The SMILES string of the molecule is C=C(C)Cc1c(C)c(C#N)c2nc3ccccc3n2c1NCC[NH+]1CCOCC1. The van der Waals surface area contributed by atoms with Crippen LogP contribution in [0, 0.1) is 18.3 Å². The van der Waals surface area contributed by atoms with Crippen LogP contribution in [0.1, 0.15) is 23.6 Å². The number of nitriles is 1. The van der Waals surface area contributed by atoms with Gasteiger partial charge in [0.05, 0.1) is 42.9 Å². The van der Waals surface area contributed by atoms with Gasteiger partial charge in [-0.1, -0.05) is 24.3 Å². The van der Waals surface area contributed by atoms with Crippen LogP contribution in [0.2, 0.25) is 0 Å². The van der Waals surface area contributed by atoms with Crippen molar-refractivity contribution in [1.82, 2.24) is 9.38 Å². The van der Waals surface area contributed by atoms with E-state index >= 15 is 0 Å². The Kier molecular flexibility index (Phi) is 5.52. The fourth-order valence-electron chi connectivity index (χ4n) is 4.16. The van der Waals surface area contributed by atoms with Crippen LogP contribution in [0.3, 0.4) is 0 Å². The molecule has 1 aliphatic heterocycles. The van der Waals surface area contributed by atoms with Gasteiger partial charge in [-0.15, -0.1) is 0 Å². The Morgan fingerprint density at radius 1 is 1.34 bits per heavy atom. The minimum Gasteiger partial charge on any atom is -0.370 e. The summed E-state index contributed by atoms with van der Waals surface area (Å²) in [5.41, 5.74) is 6.46. The number of nitrogens with zero attached hydrogens (tertiary/aromatic N) is 3. The third-order valence-corrected chi connectivity index (χ3v) is 5.68. The van der Waals surface area contributed by atoms with Crippen molar-refractivity contribution in [2.45, 2.75) is 20.3 Å². The summed E-state index contributed by atoms with van der Waals surface area (Å²) in [5, 5.41) is 13.6. The Labute approximate surface area is 171 Å². The molecule has 150 valence electrons. The number of quaternary nitrogens is 1. The zero-order valence-electron chi connectivity index (χ0n) is 17.2. The van der Waals surface area contributed by atoms with E-state index < -0.39 is 0 Å². The topological polar surface area (TPSA) is 66.8 Å². The zero-order chi connectivity index (χ0) is 20.4. The van der Waals surface area contributed by atoms with Crippen LogP contribution in [0.5, 0.6) is 0 Å². The van der Waals surface area contributed by atoms with Gasteiger partial charge in [-0.05, 0) is 38.0 Å². The number of pyridine rings is 1. The maximum atomic E-state index is 9.88. The molecule has 3 aromatic rings. The number of ether oxygens (including phenoxy) is 1. The van der Waals surface area contributed by atoms with E-state index in [-0.39, 0.29) is 0 Å². The molecule has 0 aliphatic carbocycles. The highest BCUT2D eigenvalue weighted by Crippen LogP contribution is 2.32. The van der Waals surface area contributed by atoms with Crippen molar-refractivity contribution in [3.8, 4) is 6.07 Å². The number of hydrogen-bond acceptors (Lipinski definition) is 4. The predicted molar refractivity (Wildman–Crippen MR) is 116 cm³/mol. The second-order valence-corrected chi connectivity index (χ2v) is 7.87. The van der Waals surface area contributed by atoms with E-state index in [4.69, 9.17) is 9.72 Å². The molecular formula is C23H28N5O+. The van der Waals surface area contributed by atoms with Gasteiger partial charge in [0.15, 0.2) is 5.65 Å². The molecule has 2 aromatic heterocycles. The summed E-state index contributed by atoms with van der Waals surface area (Å²) in [6.45, 7) is 13.8. The van der Waals surface area contributed by atoms with E-state index in [0.29, 0.717) is 5.56 Å². The standard InChI is InChI=1S/C23H27N5O/c1-16(2)14-18-17(3)19(15-24)23-26-20-6-4-5-7-21(20)28(23)22(18)25-8-9-27-10-12-29-13-11-27/h4-7,25H,1,8-14H2,2-3H3/p+1. The van der Waals surface area contributed by atoms with Crippen molar-refractivity contribution in [2.24, 2.45) is 0 Å². The maximum absolute atomic E-state index is 9.88. The number of imidazole rings is 1. The lowest BCUT2D eigenvalue weighted by molar-refractivity contribution is -0.906. The number of morpholine rings is 1. The van der Waals surface area contributed by atoms with Gasteiger partial charge in [0.25, 0.3) is 0 Å². The van der Waals surface area contributed by atoms with E-state index in [1.807, 2.05) is 32.0 Å². The number of hydrogen-bond donors (Lipinski definition) is 2. The summed E-state index contributed by atoms with van der Waals surface area (Å²) in [5.74, 6) is 1.03. The molecule has 0 spiro atoms. The Hall–Kier alpha value is -2.88. The lowest BCUT2D eigenvalue weighted by Gasteiger charge is -2.25. The first-order chi connectivity index (χ1) is 14.1. The van der Waals surface area contributed by atoms with Gasteiger partial charge in [0.1, 0.15) is 25.0 Å². The van der Waals surface area contributed by atoms with Gasteiger partial charge in [0, 0.05) is 5.56 Å². The van der Waals surface area contributed by atoms with Crippen LogP contribution in [-0.4, -0.2) is 48.8 Å². The number of nitrogens with one attached hydrogen (secondary N) is 2. The van der Waals surface area contributed by atoms with E-state index in [1.165, 1.54) is 0 Å². The number of fused-ring (bicyclic) bond motifs is 3. The average molecular weight is 391 g/mol. The molecule has 0 radical (unpaired) electrons. The van der Waals surface area contributed by atoms with Crippen molar-refractivity contribution < 1.29 is 9.64 Å². The van der Waals surface area contributed by atoms with Crippen molar-refractivity contribution in [3.05, 3.63) is 53.1 Å². The molecule has 1 aliphatic rings. The molecule has 1 saturated heterocycles. The molecule has 0 saturated carbocycles. The third kappa shape index (κ3) is 3.71. The quantitative estimate of drug-likeness (QED) is 0.633. The lowest BCUT2D eigenvalue weighted by atomic mass is 9.99. The van der Waals surface area contributed by atoms with Gasteiger partial charge in [0.2, 0.25) is 0 Å². The fourth-order valence-corrected chi connectivity index (χ4v) is 4.16. The first-order valence-electron chi connectivity index (χ1n) is 10.2. The van der Waals surface area contributed by atoms with Crippen LogP contribution in [0.4, 0.5) is 5.82 Å². The molecule has 1 fully saturated rings. The average Bonchev–Trinajstić information content (AvgIpc) is 3.10. The molecule has 29 heavy (non-hydrogen) atoms. The maximum Gasteiger partial charge on any atom is 0.157 e. The van der Waals surface area contributed by atoms with Gasteiger partial charge >= 0.3 is 0 Å². The first kappa shape index (κ1) is 19.4. The summed E-state index contributed by atoms with van der Waals surface area (Å²) in [4.78, 5) is 6.34. The zero-order valence-corrected chi connectivity index (χ0v) is 17.2. The van der Waals surface area contributed by atoms with Crippen molar-refractivity contribution in [1.29, 1.82) is 5.26 Å². The summed E-state index contributed by atoms with van der Waals surface area (Å²) in [6.07, 6.45) is 0.732. The summed E-state index contributed by atoms with van der Waals surface area (Å²) >= 11 is 0. The molecule has 0 unspecified atom stereocenters. The minimum atomic E-state index is 0.641. The number of aromatic nitrogens is 2. The second kappa shape index (κ2) is 8.24. The minimum absolute atomic E-state index is 0.641. The van der Waals surface area contributed by atoms with E-state index in [1.54, 1.807) is 4.90 Å². The Balaban J connectivity index is 1.82. The second-order valence-electron chi connectivity index (χ2n) is 7.87. The van der Waals surface area contributed by atoms with Gasteiger partial charge < -0.3 is 15.0 Å². The molecule has 2 N–H and O–H groups in total. The number of anilines is 1. The van der Waals surface area contributed by atoms with E-state index in [9.17, 15) is 5.26 Å².